The van der Waals surface area contributed by atoms with E-state index in [0.29, 0.717) is 15.8 Å². The number of hydrogen-bond acceptors (Lipinski definition) is 7. The van der Waals surface area contributed by atoms with Gasteiger partial charge in [0.25, 0.3) is 11.8 Å². The molecule has 168 valence electrons. The van der Waals surface area contributed by atoms with Crippen LogP contribution in [0.5, 0.6) is 11.5 Å². The third-order valence-electron chi connectivity index (χ3n) is 4.06. The number of phenolic OH excluding ortho intramolecular Hbond substituents is 1. The minimum absolute atomic E-state index is 0.0514. The maximum absolute atomic E-state index is 12.1. The number of rotatable bonds is 8. The minimum atomic E-state index is -0.626. The number of phenols is 1. The summed E-state index contributed by atoms with van der Waals surface area (Å²) in [6.07, 6.45) is 5.47. The van der Waals surface area contributed by atoms with E-state index in [9.17, 15) is 19.5 Å². The van der Waals surface area contributed by atoms with Crippen molar-refractivity contribution in [2.75, 3.05) is 6.54 Å². The molecule has 0 fully saturated rings. The summed E-state index contributed by atoms with van der Waals surface area (Å²) in [4.78, 5) is 36.1. The molecule has 3 aromatic rings. The largest absolute Gasteiger partial charge is 0.507 e. The third-order valence-corrected chi connectivity index (χ3v) is 4.55. The standard InChI is InChI=1S/C23H18BrN3O6/c24-16-7-9-20(33-22(30)10-8-17-4-3-11-32-17)15(12-16)13-26-27-21(29)14-25-23(31)18-5-1-2-6-19(18)28/h1-13,28H,14H2,(H,25,31)(H,27,29)/b10-8-,26-13+. The third kappa shape index (κ3) is 7.18. The highest BCUT2D eigenvalue weighted by molar-refractivity contribution is 9.10. The lowest BCUT2D eigenvalue weighted by molar-refractivity contribution is -0.129. The Bertz CT molecular complexity index is 1200. The Morgan fingerprint density at radius 3 is 2.70 bits per heavy atom. The highest BCUT2D eigenvalue weighted by Gasteiger charge is 2.11. The van der Waals surface area contributed by atoms with Crippen molar-refractivity contribution in [1.29, 1.82) is 0 Å². The number of aromatic hydroxyl groups is 1. The van der Waals surface area contributed by atoms with Gasteiger partial charge in [0.1, 0.15) is 17.3 Å². The van der Waals surface area contributed by atoms with Gasteiger partial charge >= 0.3 is 5.97 Å². The van der Waals surface area contributed by atoms with Crippen molar-refractivity contribution in [3.05, 3.63) is 88.3 Å². The summed E-state index contributed by atoms with van der Waals surface area (Å²) in [7, 11) is 0. The number of para-hydroxylation sites is 1. The second-order valence-electron chi connectivity index (χ2n) is 6.45. The highest BCUT2D eigenvalue weighted by atomic mass is 79.9. The van der Waals surface area contributed by atoms with Gasteiger partial charge in [0.15, 0.2) is 0 Å². The van der Waals surface area contributed by atoms with Gasteiger partial charge in [-0.05, 0) is 48.5 Å². The number of carbonyl (C=O) groups is 3. The Balaban J connectivity index is 1.56. The van der Waals surface area contributed by atoms with Crippen molar-refractivity contribution in [3.63, 3.8) is 0 Å². The fourth-order valence-corrected chi connectivity index (χ4v) is 2.91. The van der Waals surface area contributed by atoms with Crippen molar-refractivity contribution < 1.29 is 28.6 Å². The van der Waals surface area contributed by atoms with Crippen molar-refractivity contribution in [1.82, 2.24) is 10.7 Å². The smallest absolute Gasteiger partial charge is 0.336 e. The molecule has 0 saturated heterocycles. The van der Waals surface area contributed by atoms with Crippen molar-refractivity contribution in [2.24, 2.45) is 5.10 Å². The van der Waals surface area contributed by atoms with Crippen LogP contribution in [0.2, 0.25) is 0 Å². The van der Waals surface area contributed by atoms with Gasteiger partial charge in [-0.2, -0.15) is 5.10 Å². The minimum Gasteiger partial charge on any atom is -0.507 e. The number of esters is 1. The molecular weight excluding hydrogens is 494 g/mol. The van der Waals surface area contributed by atoms with E-state index in [0.717, 1.165) is 0 Å². The molecule has 0 aliphatic rings. The number of ether oxygens (including phenoxy) is 1. The van der Waals surface area contributed by atoms with Gasteiger partial charge in [0.05, 0.1) is 24.6 Å². The highest BCUT2D eigenvalue weighted by Crippen LogP contribution is 2.22. The number of amides is 2. The van der Waals surface area contributed by atoms with Crippen LogP contribution in [0.4, 0.5) is 0 Å². The van der Waals surface area contributed by atoms with Gasteiger partial charge in [-0.1, -0.05) is 28.1 Å². The molecule has 3 rings (SSSR count). The normalized spacial score (nSPS) is 10.9. The van der Waals surface area contributed by atoms with Crippen LogP contribution in [0, 0.1) is 0 Å². The molecule has 3 N–H and O–H groups in total. The average Bonchev–Trinajstić information content (AvgIpc) is 3.32. The van der Waals surface area contributed by atoms with Gasteiger partial charge in [0, 0.05) is 16.1 Å². The lowest BCUT2D eigenvalue weighted by atomic mass is 10.2. The molecule has 0 aliphatic carbocycles. The lowest BCUT2D eigenvalue weighted by Gasteiger charge is -2.07. The second kappa shape index (κ2) is 11.4. The Kier molecular flexibility index (Phi) is 8.14. The van der Waals surface area contributed by atoms with Crippen molar-refractivity contribution in [3.8, 4) is 11.5 Å². The molecular formula is C23H18BrN3O6. The predicted octanol–water partition coefficient (Wildman–Crippen LogP) is 3.25. The van der Waals surface area contributed by atoms with Gasteiger partial charge in [-0.25, -0.2) is 10.2 Å². The van der Waals surface area contributed by atoms with Crippen LogP contribution in [-0.4, -0.2) is 35.6 Å². The number of benzene rings is 2. The number of furan rings is 1. The van der Waals surface area contributed by atoms with Gasteiger partial charge in [-0.15, -0.1) is 0 Å². The molecule has 2 amide bonds. The lowest BCUT2D eigenvalue weighted by Crippen LogP contribution is -2.34. The number of nitrogens with zero attached hydrogens (tertiary/aromatic N) is 1. The first-order valence-electron chi connectivity index (χ1n) is 9.53. The zero-order valence-electron chi connectivity index (χ0n) is 17.0. The summed E-state index contributed by atoms with van der Waals surface area (Å²) in [5, 5.41) is 15.9. The zero-order valence-corrected chi connectivity index (χ0v) is 18.6. The van der Waals surface area contributed by atoms with E-state index < -0.39 is 17.8 Å². The summed E-state index contributed by atoms with van der Waals surface area (Å²) < 4.78 is 11.1. The Morgan fingerprint density at radius 2 is 1.94 bits per heavy atom. The average molecular weight is 512 g/mol. The van der Waals surface area contributed by atoms with E-state index in [1.807, 2.05) is 0 Å². The maximum Gasteiger partial charge on any atom is 0.336 e. The SMILES string of the molecule is O=C(CNC(=O)c1ccccc1O)N/N=C/c1cc(Br)ccc1OC(=O)/C=C\c1ccco1. The fourth-order valence-electron chi connectivity index (χ4n) is 2.53. The molecule has 9 nitrogen and oxygen atoms in total. The van der Waals surface area contributed by atoms with Gasteiger partial charge in [0.2, 0.25) is 0 Å². The second-order valence-corrected chi connectivity index (χ2v) is 7.36. The Labute approximate surface area is 196 Å². The van der Waals surface area contributed by atoms with Gasteiger partial charge in [-0.3, -0.25) is 9.59 Å². The number of halogens is 1. The van der Waals surface area contributed by atoms with Crippen molar-refractivity contribution >= 4 is 46.0 Å². The molecule has 0 unspecified atom stereocenters. The quantitative estimate of drug-likeness (QED) is 0.140. The monoisotopic (exact) mass is 511 g/mol. The van der Waals surface area contributed by atoms with E-state index in [4.69, 9.17) is 9.15 Å². The molecule has 0 saturated carbocycles. The van der Waals surface area contributed by atoms with E-state index in [1.165, 1.54) is 36.8 Å². The van der Waals surface area contributed by atoms with Crippen LogP contribution in [0.1, 0.15) is 21.7 Å². The van der Waals surface area contributed by atoms with Crippen LogP contribution >= 0.6 is 15.9 Å². The van der Waals surface area contributed by atoms with E-state index in [-0.39, 0.29) is 23.6 Å². The van der Waals surface area contributed by atoms with Crippen molar-refractivity contribution in [2.45, 2.75) is 0 Å². The van der Waals surface area contributed by atoms with Crippen LogP contribution in [-0.2, 0) is 9.59 Å². The summed E-state index contributed by atoms with van der Waals surface area (Å²) >= 11 is 3.33. The van der Waals surface area contributed by atoms with Crippen LogP contribution in [0.3, 0.4) is 0 Å². The Morgan fingerprint density at radius 1 is 1.12 bits per heavy atom. The van der Waals surface area contributed by atoms with Crippen LogP contribution < -0.4 is 15.5 Å². The van der Waals surface area contributed by atoms with Crippen LogP contribution in [0.25, 0.3) is 6.08 Å². The molecule has 0 radical (unpaired) electrons. The van der Waals surface area contributed by atoms with E-state index >= 15 is 0 Å². The summed E-state index contributed by atoms with van der Waals surface area (Å²) in [5.41, 5.74) is 2.74. The van der Waals surface area contributed by atoms with Crippen LogP contribution in [0.15, 0.2) is 80.9 Å². The zero-order chi connectivity index (χ0) is 23.6. The summed E-state index contributed by atoms with van der Waals surface area (Å²) in [5.74, 6) is -1.29. The van der Waals surface area contributed by atoms with E-state index in [2.05, 4.69) is 31.8 Å². The predicted molar refractivity (Wildman–Crippen MR) is 124 cm³/mol. The molecule has 1 aromatic heterocycles. The maximum atomic E-state index is 12.1. The summed E-state index contributed by atoms with van der Waals surface area (Å²) in [6.45, 7) is -0.359. The molecule has 0 spiro atoms. The molecule has 2 aromatic carbocycles. The number of nitrogens with one attached hydrogen (secondary N) is 2. The number of hydrogen-bond donors (Lipinski definition) is 3. The number of carbonyl (C=O) groups excluding carboxylic acids is 3. The first kappa shape index (κ1) is 23.5. The molecule has 0 atom stereocenters. The molecule has 0 bridgehead atoms. The first-order chi connectivity index (χ1) is 15.9. The van der Waals surface area contributed by atoms with Gasteiger partial charge < -0.3 is 19.6 Å². The fraction of sp³-hybridized carbons (Fsp3) is 0.0435. The Hall–Kier alpha value is -4.18. The van der Waals surface area contributed by atoms with E-state index in [1.54, 1.807) is 42.5 Å². The molecule has 0 aliphatic heterocycles. The molecule has 33 heavy (non-hydrogen) atoms. The topological polar surface area (TPSA) is 130 Å². The summed E-state index contributed by atoms with van der Waals surface area (Å²) in [6, 6.07) is 14.3. The number of hydrazone groups is 1. The molecule has 1 heterocycles. The first-order valence-corrected chi connectivity index (χ1v) is 10.3. The molecule has 10 heteroatoms.